The van der Waals surface area contributed by atoms with Gasteiger partial charge < -0.3 is 9.47 Å². The van der Waals surface area contributed by atoms with Crippen LogP contribution in [0.15, 0.2) is 65.8 Å². The lowest BCUT2D eigenvalue weighted by molar-refractivity contribution is 0.311. The number of aromatic amines is 1. The third kappa shape index (κ3) is 4.11. The molecule has 6 nitrogen and oxygen atoms in total. The van der Waals surface area contributed by atoms with Gasteiger partial charge in [0.1, 0.15) is 0 Å². The molecule has 0 radical (unpaired) electrons. The highest BCUT2D eigenvalue weighted by atomic mass is 32.1. The molecule has 0 aliphatic rings. The van der Waals surface area contributed by atoms with Crippen LogP contribution in [0.25, 0.3) is 10.8 Å². The molecule has 4 rings (SSSR count). The van der Waals surface area contributed by atoms with Crippen molar-refractivity contribution in [3.05, 3.63) is 82.4 Å². The minimum atomic E-state index is 0.444. The van der Waals surface area contributed by atoms with E-state index in [0.29, 0.717) is 29.3 Å². The van der Waals surface area contributed by atoms with E-state index in [4.69, 9.17) is 21.7 Å². The highest BCUT2D eigenvalue weighted by Crippen LogP contribution is 2.27. The lowest BCUT2D eigenvalue weighted by Gasteiger charge is -2.09. The van der Waals surface area contributed by atoms with E-state index >= 15 is 0 Å². The van der Waals surface area contributed by atoms with Crippen LogP contribution in [-0.2, 0) is 6.42 Å². The van der Waals surface area contributed by atoms with Crippen molar-refractivity contribution >= 4 is 29.2 Å². The molecule has 1 aromatic heterocycles. The summed E-state index contributed by atoms with van der Waals surface area (Å²) in [6, 6.07) is 20.2. The first-order chi connectivity index (χ1) is 14.7. The number of hydrogen-bond donors (Lipinski definition) is 1. The Morgan fingerprint density at radius 3 is 2.77 bits per heavy atom. The second-order valence-electron chi connectivity index (χ2n) is 6.66. The maximum Gasteiger partial charge on any atom is 0.216 e. The highest BCUT2D eigenvalue weighted by Gasteiger charge is 2.09. The minimum absolute atomic E-state index is 0.444. The van der Waals surface area contributed by atoms with Gasteiger partial charge in [0, 0.05) is 6.42 Å². The summed E-state index contributed by atoms with van der Waals surface area (Å²) < 4.78 is 13.1. The summed E-state index contributed by atoms with van der Waals surface area (Å²) in [5.74, 6) is 2.10. The zero-order valence-corrected chi connectivity index (χ0v) is 17.6. The average molecular weight is 419 g/mol. The number of methoxy groups -OCH3 is 1. The van der Waals surface area contributed by atoms with Crippen LogP contribution in [0.3, 0.4) is 0 Å². The van der Waals surface area contributed by atoms with Crippen LogP contribution >= 0.6 is 12.2 Å². The Balaban J connectivity index is 1.64. The van der Waals surface area contributed by atoms with Crippen molar-refractivity contribution in [2.45, 2.75) is 13.3 Å². The van der Waals surface area contributed by atoms with E-state index in [1.54, 1.807) is 18.0 Å². The lowest BCUT2D eigenvalue weighted by Crippen LogP contribution is -2.01. The SMILES string of the molecule is CCOc1ccc(/C=N\n2c(Cc3cccc4ccccc34)n[nH]c2=S)cc1OC. The van der Waals surface area contributed by atoms with Gasteiger partial charge >= 0.3 is 0 Å². The Morgan fingerprint density at radius 2 is 1.93 bits per heavy atom. The Labute approximate surface area is 179 Å². The summed E-state index contributed by atoms with van der Waals surface area (Å²) in [6.45, 7) is 2.51. The number of H-pyrrole nitrogens is 1. The number of nitrogens with one attached hydrogen (secondary N) is 1. The van der Waals surface area contributed by atoms with Crippen molar-refractivity contribution in [3.63, 3.8) is 0 Å². The molecule has 0 amide bonds. The Hall–Kier alpha value is -3.45. The predicted molar refractivity (Wildman–Crippen MR) is 121 cm³/mol. The van der Waals surface area contributed by atoms with Crippen LogP contribution in [-0.4, -0.2) is 34.8 Å². The van der Waals surface area contributed by atoms with E-state index in [-0.39, 0.29) is 0 Å². The number of nitrogens with zero attached hydrogens (tertiary/aromatic N) is 3. The van der Waals surface area contributed by atoms with E-state index in [2.05, 4.69) is 45.6 Å². The van der Waals surface area contributed by atoms with Gasteiger partial charge in [-0.3, -0.25) is 5.10 Å². The molecule has 0 bridgehead atoms. The van der Waals surface area contributed by atoms with Crippen LogP contribution in [0.1, 0.15) is 23.9 Å². The second kappa shape index (κ2) is 8.92. The van der Waals surface area contributed by atoms with Crippen LogP contribution in [0.5, 0.6) is 11.5 Å². The van der Waals surface area contributed by atoms with E-state index < -0.39 is 0 Å². The van der Waals surface area contributed by atoms with Gasteiger partial charge in [0.15, 0.2) is 17.3 Å². The molecule has 152 valence electrons. The summed E-state index contributed by atoms with van der Waals surface area (Å²) in [4.78, 5) is 0. The molecule has 0 fully saturated rings. The maximum absolute atomic E-state index is 5.57. The van der Waals surface area contributed by atoms with Crippen LogP contribution < -0.4 is 9.47 Å². The van der Waals surface area contributed by atoms with Crippen molar-refractivity contribution in [1.82, 2.24) is 14.9 Å². The fourth-order valence-corrected chi connectivity index (χ4v) is 3.54. The molecule has 0 aliphatic heterocycles. The molecule has 0 aliphatic carbocycles. The Bertz CT molecular complexity index is 1250. The molecule has 0 spiro atoms. The molecule has 3 aromatic carbocycles. The smallest absolute Gasteiger partial charge is 0.216 e. The summed E-state index contributed by atoms with van der Waals surface area (Å²) >= 11 is 5.39. The minimum Gasteiger partial charge on any atom is -0.493 e. The topological polar surface area (TPSA) is 64.4 Å². The molecule has 7 heteroatoms. The Kier molecular flexibility index (Phi) is 5.90. The predicted octanol–water partition coefficient (Wildman–Crippen LogP) is 4.97. The van der Waals surface area contributed by atoms with Gasteiger partial charge in [-0.25, -0.2) is 0 Å². The Morgan fingerprint density at radius 1 is 1.10 bits per heavy atom. The standard InChI is InChI=1S/C23H22N4O2S/c1-3-29-20-12-11-16(13-21(20)28-2)15-24-27-22(25-26-23(27)30)14-18-9-6-8-17-7-4-5-10-19(17)18/h4-13,15H,3,14H2,1-2H3,(H,26,30)/b24-15-. The first kappa shape index (κ1) is 19.8. The van der Waals surface area contributed by atoms with Gasteiger partial charge in [0.25, 0.3) is 0 Å². The molecule has 0 saturated heterocycles. The molecule has 1 heterocycles. The number of benzene rings is 3. The first-order valence-corrected chi connectivity index (χ1v) is 10.1. The third-order valence-electron chi connectivity index (χ3n) is 4.76. The monoisotopic (exact) mass is 418 g/mol. The van der Waals surface area contributed by atoms with E-state index in [9.17, 15) is 0 Å². The average Bonchev–Trinajstić information content (AvgIpc) is 3.12. The zero-order chi connectivity index (χ0) is 20.9. The molecular weight excluding hydrogens is 396 g/mol. The van der Waals surface area contributed by atoms with E-state index in [1.807, 2.05) is 37.3 Å². The molecular formula is C23H22N4O2S. The van der Waals surface area contributed by atoms with Crippen molar-refractivity contribution < 1.29 is 9.47 Å². The molecule has 0 unspecified atom stereocenters. The lowest BCUT2D eigenvalue weighted by atomic mass is 10.0. The van der Waals surface area contributed by atoms with Gasteiger partial charge in [0.05, 0.1) is 19.9 Å². The molecule has 1 N–H and O–H groups in total. The van der Waals surface area contributed by atoms with Crippen LogP contribution in [0, 0.1) is 4.77 Å². The molecule has 0 atom stereocenters. The van der Waals surface area contributed by atoms with Gasteiger partial charge in [-0.2, -0.15) is 14.9 Å². The number of hydrogen-bond acceptors (Lipinski definition) is 5. The number of fused-ring (bicyclic) bond motifs is 1. The van der Waals surface area contributed by atoms with Crippen molar-refractivity contribution in [2.24, 2.45) is 5.10 Å². The molecule has 0 saturated carbocycles. The fraction of sp³-hybridized carbons (Fsp3) is 0.174. The zero-order valence-electron chi connectivity index (χ0n) is 16.8. The summed E-state index contributed by atoms with van der Waals surface area (Å²) in [5.41, 5.74) is 2.04. The summed E-state index contributed by atoms with van der Waals surface area (Å²) in [5, 5.41) is 14.2. The van der Waals surface area contributed by atoms with Gasteiger partial charge in [-0.05, 0) is 59.2 Å². The first-order valence-electron chi connectivity index (χ1n) is 9.67. The molecule has 30 heavy (non-hydrogen) atoms. The normalized spacial score (nSPS) is 11.3. The number of rotatable bonds is 7. The van der Waals surface area contributed by atoms with Gasteiger partial charge in [0.2, 0.25) is 4.77 Å². The second-order valence-corrected chi connectivity index (χ2v) is 7.05. The van der Waals surface area contributed by atoms with Gasteiger partial charge in [-0.15, -0.1) is 0 Å². The third-order valence-corrected chi connectivity index (χ3v) is 5.02. The van der Waals surface area contributed by atoms with Gasteiger partial charge in [-0.1, -0.05) is 42.5 Å². The number of aromatic nitrogens is 3. The van der Waals surface area contributed by atoms with Crippen molar-refractivity contribution in [2.75, 3.05) is 13.7 Å². The van der Waals surface area contributed by atoms with E-state index in [1.165, 1.54) is 16.3 Å². The highest BCUT2D eigenvalue weighted by molar-refractivity contribution is 7.71. The van der Waals surface area contributed by atoms with Crippen LogP contribution in [0.4, 0.5) is 0 Å². The quantitative estimate of drug-likeness (QED) is 0.340. The fourth-order valence-electron chi connectivity index (χ4n) is 3.34. The summed E-state index contributed by atoms with van der Waals surface area (Å²) in [7, 11) is 1.62. The van der Waals surface area contributed by atoms with Crippen LogP contribution in [0.2, 0.25) is 0 Å². The van der Waals surface area contributed by atoms with Crippen molar-refractivity contribution in [3.8, 4) is 11.5 Å². The van der Waals surface area contributed by atoms with Crippen molar-refractivity contribution in [1.29, 1.82) is 0 Å². The molecule has 4 aromatic rings. The number of ether oxygens (including phenoxy) is 2. The summed E-state index contributed by atoms with van der Waals surface area (Å²) in [6.07, 6.45) is 2.34. The largest absolute Gasteiger partial charge is 0.493 e. The maximum atomic E-state index is 5.57. The van der Waals surface area contributed by atoms with E-state index in [0.717, 1.165) is 11.4 Å².